The van der Waals surface area contributed by atoms with Gasteiger partial charge in [-0.2, -0.15) is 0 Å². The molecule has 0 amide bonds. The van der Waals surface area contributed by atoms with E-state index in [0.29, 0.717) is 17.1 Å². The standard InChI is InChI=1S/C8H5FN6/c9-5-1-2-6(10-3-5)15-13-7-8(14-15)12-4-11-7/h1-4H,(H,11,12,13,14). The van der Waals surface area contributed by atoms with Crippen LogP contribution in [-0.4, -0.2) is 29.9 Å². The molecule has 0 saturated heterocycles. The average Bonchev–Trinajstić information content (AvgIpc) is 2.78. The molecule has 0 radical (unpaired) electrons. The number of aromatic nitrogens is 6. The Kier molecular flexibility index (Phi) is 1.52. The van der Waals surface area contributed by atoms with Crippen molar-refractivity contribution >= 4 is 11.3 Å². The lowest BCUT2D eigenvalue weighted by Gasteiger charge is -1.95. The summed E-state index contributed by atoms with van der Waals surface area (Å²) in [7, 11) is 0. The van der Waals surface area contributed by atoms with Gasteiger partial charge in [-0.3, -0.25) is 0 Å². The van der Waals surface area contributed by atoms with Crippen LogP contribution in [-0.2, 0) is 0 Å². The fourth-order valence-corrected chi connectivity index (χ4v) is 1.22. The van der Waals surface area contributed by atoms with Crippen molar-refractivity contribution in [2.75, 3.05) is 0 Å². The van der Waals surface area contributed by atoms with E-state index in [1.165, 1.54) is 23.3 Å². The molecule has 0 fully saturated rings. The molecule has 3 rings (SSSR count). The second-order valence-electron chi connectivity index (χ2n) is 2.90. The van der Waals surface area contributed by atoms with Crippen LogP contribution >= 0.6 is 0 Å². The minimum Gasteiger partial charge on any atom is -0.326 e. The lowest BCUT2D eigenvalue weighted by molar-refractivity contribution is 0.616. The molecule has 74 valence electrons. The molecule has 0 atom stereocenters. The molecular formula is C8H5FN6. The quantitative estimate of drug-likeness (QED) is 0.632. The monoisotopic (exact) mass is 204 g/mol. The molecule has 1 N–H and O–H groups in total. The maximum Gasteiger partial charge on any atom is 0.220 e. The number of aromatic amines is 1. The summed E-state index contributed by atoms with van der Waals surface area (Å²) < 4.78 is 12.6. The van der Waals surface area contributed by atoms with Crippen LogP contribution < -0.4 is 0 Å². The van der Waals surface area contributed by atoms with E-state index in [4.69, 9.17) is 0 Å². The number of fused-ring (bicyclic) bond motifs is 1. The van der Waals surface area contributed by atoms with E-state index in [0.717, 1.165) is 6.20 Å². The Morgan fingerprint density at radius 1 is 1.20 bits per heavy atom. The number of pyridine rings is 1. The Hall–Kier alpha value is -2.31. The lowest BCUT2D eigenvalue weighted by Crippen LogP contribution is -2.01. The topological polar surface area (TPSA) is 72.3 Å². The van der Waals surface area contributed by atoms with Crippen molar-refractivity contribution in [3.8, 4) is 5.82 Å². The molecule has 15 heavy (non-hydrogen) atoms. The molecule has 0 bridgehead atoms. The van der Waals surface area contributed by atoms with Gasteiger partial charge in [0.05, 0.1) is 12.5 Å². The third kappa shape index (κ3) is 1.25. The molecule has 0 aliphatic rings. The van der Waals surface area contributed by atoms with Crippen molar-refractivity contribution < 1.29 is 4.39 Å². The van der Waals surface area contributed by atoms with Crippen molar-refractivity contribution in [3.05, 3.63) is 30.5 Å². The van der Waals surface area contributed by atoms with E-state index in [1.54, 1.807) is 0 Å². The van der Waals surface area contributed by atoms with Gasteiger partial charge in [0.25, 0.3) is 0 Å². The first-order chi connectivity index (χ1) is 7.33. The fraction of sp³-hybridized carbons (Fsp3) is 0. The number of hydrogen-bond donors (Lipinski definition) is 1. The highest BCUT2D eigenvalue weighted by molar-refractivity contribution is 5.63. The SMILES string of the molecule is Fc1ccc(-n2nc3nc[nH]c3n2)nc1. The molecule has 0 aliphatic carbocycles. The normalized spacial score (nSPS) is 11.0. The fourth-order valence-electron chi connectivity index (χ4n) is 1.22. The van der Waals surface area contributed by atoms with Crippen molar-refractivity contribution in [2.24, 2.45) is 0 Å². The third-order valence-electron chi connectivity index (χ3n) is 1.90. The second-order valence-corrected chi connectivity index (χ2v) is 2.90. The Balaban J connectivity index is 2.13. The van der Waals surface area contributed by atoms with Crippen LogP contribution in [0.2, 0.25) is 0 Å². The summed E-state index contributed by atoms with van der Waals surface area (Å²) in [5, 5.41) is 8.13. The molecule has 3 aromatic heterocycles. The predicted molar refractivity (Wildman–Crippen MR) is 48.8 cm³/mol. The van der Waals surface area contributed by atoms with Crippen LogP contribution in [0, 0.1) is 5.82 Å². The van der Waals surface area contributed by atoms with Gasteiger partial charge >= 0.3 is 0 Å². The van der Waals surface area contributed by atoms with Crippen molar-refractivity contribution in [3.63, 3.8) is 0 Å². The van der Waals surface area contributed by atoms with Crippen molar-refractivity contribution in [2.45, 2.75) is 0 Å². The second kappa shape index (κ2) is 2.84. The number of rotatable bonds is 1. The van der Waals surface area contributed by atoms with Gasteiger partial charge in [0.1, 0.15) is 5.82 Å². The molecule has 3 heterocycles. The summed E-state index contributed by atoms with van der Waals surface area (Å²) in [5.74, 6) is 0.0531. The number of nitrogens with zero attached hydrogens (tertiary/aromatic N) is 5. The van der Waals surface area contributed by atoms with E-state index in [2.05, 4.69) is 25.1 Å². The first-order valence-electron chi connectivity index (χ1n) is 4.21. The molecule has 0 aliphatic heterocycles. The van der Waals surface area contributed by atoms with Gasteiger partial charge in [-0.05, 0) is 12.1 Å². The third-order valence-corrected chi connectivity index (χ3v) is 1.90. The van der Waals surface area contributed by atoms with Crippen LogP contribution in [0.4, 0.5) is 4.39 Å². The minimum absolute atomic E-state index is 0.394. The zero-order chi connectivity index (χ0) is 10.3. The zero-order valence-electron chi connectivity index (χ0n) is 7.42. The highest BCUT2D eigenvalue weighted by atomic mass is 19.1. The van der Waals surface area contributed by atoms with E-state index in [9.17, 15) is 4.39 Å². The predicted octanol–water partition coefficient (Wildman–Crippen LogP) is 0.678. The molecule has 0 saturated carbocycles. The molecule has 0 unspecified atom stereocenters. The smallest absolute Gasteiger partial charge is 0.220 e. The summed E-state index contributed by atoms with van der Waals surface area (Å²) in [6.45, 7) is 0. The summed E-state index contributed by atoms with van der Waals surface area (Å²) in [5.41, 5.74) is 1.07. The van der Waals surface area contributed by atoms with E-state index >= 15 is 0 Å². The van der Waals surface area contributed by atoms with Crippen molar-refractivity contribution in [1.29, 1.82) is 0 Å². The molecular weight excluding hydrogens is 199 g/mol. The van der Waals surface area contributed by atoms with Crippen LogP contribution in [0.25, 0.3) is 17.1 Å². The molecule has 7 heteroatoms. The Morgan fingerprint density at radius 3 is 2.87 bits per heavy atom. The first-order valence-corrected chi connectivity index (χ1v) is 4.21. The van der Waals surface area contributed by atoms with Crippen LogP contribution in [0.1, 0.15) is 0 Å². The van der Waals surface area contributed by atoms with Crippen LogP contribution in [0.5, 0.6) is 0 Å². The first kappa shape index (κ1) is 8.04. The van der Waals surface area contributed by atoms with Gasteiger partial charge in [0.2, 0.25) is 11.3 Å². The Labute approximate surface area is 82.8 Å². The van der Waals surface area contributed by atoms with E-state index < -0.39 is 5.82 Å². The summed E-state index contributed by atoms with van der Waals surface area (Å²) >= 11 is 0. The summed E-state index contributed by atoms with van der Waals surface area (Å²) in [6.07, 6.45) is 2.62. The largest absolute Gasteiger partial charge is 0.326 e. The zero-order valence-corrected chi connectivity index (χ0v) is 7.42. The molecule has 6 nitrogen and oxygen atoms in total. The highest BCUT2D eigenvalue weighted by Crippen LogP contribution is 2.06. The lowest BCUT2D eigenvalue weighted by atomic mass is 10.4. The minimum atomic E-state index is -0.394. The summed E-state index contributed by atoms with van der Waals surface area (Å²) in [4.78, 5) is 11.9. The van der Waals surface area contributed by atoms with Gasteiger partial charge < -0.3 is 4.98 Å². The molecule has 0 spiro atoms. The average molecular weight is 204 g/mol. The van der Waals surface area contributed by atoms with Crippen molar-refractivity contribution in [1.82, 2.24) is 29.9 Å². The Bertz CT molecular complexity index is 566. The van der Waals surface area contributed by atoms with Gasteiger partial charge in [-0.15, -0.1) is 15.0 Å². The van der Waals surface area contributed by atoms with Gasteiger partial charge in [-0.1, -0.05) is 0 Å². The maximum absolute atomic E-state index is 12.6. The van der Waals surface area contributed by atoms with Crippen LogP contribution in [0.3, 0.4) is 0 Å². The highest BCUT2D eigenvalue weighted by Gasteiger charge is 2.06. The van der Waals surface area contributed by atoms with Gasteiger partial charge in [0, 0.05) is 0 Å². The van der Waals surface area contributed by atoms with E-state index in [1.807, 2.05) is 0 Å². The molecule has 0 aromatic carbocycles. The molecule has 3 aromatic rings. The van der Waals surface area contributed by atoms with E-state index in [-0.39, 0.29) is 0 Å². The number of halogens is 1. The maximum atomic E-state index is 12.6. The van der Waals surface area contributed by atoms with Gasteiger partial charge in [0.15, 0.2) is 5.82 Å². The number of hydrogen-bond acceptors (Lipinski definition) is 4. The number of imidazole rings is 1. The van der Waals surface area contributed by atoms with Gasteiger partial charge in [-0.25, -0.2) is 14.4 Å². The Morgan fingerprint density at radius 2 is 2.13 bits per heavy atom. The van der Waals surface area contributed by atoms with Crippen LogP contribution in [0.15, 0.2) is 24.7 Å². The summed E-state index contributed by atoms with van der Waals surface area (Å²) in [6, 6.07) is 2.79. The number of H-pyrrole nitrogens is 1. The number of nitrogens with one attached hydrogen (secondary N) is 1.